The van der Waals surface area contributed by atoms with Crippen molar-refractivity contribution in [2.24, 2.45) is 32.5 Å². The van der Waals surface area contributed by atoms with Crippen molar-refractivity contribution in [3.05, 3.63) is 231 Å². The van der Waals surface area contributed by atoms with Crippen LogP contribution in [0.1, 0.15) is 278 Å². The van der Waals surface area contributed by atoms with Gasteiger partial charge in [0.25, 0.3) is 41.4 Å². The molecule has 18 N–H and O–H groups in total. The summed E-state index contributed by atoms with van der Waals surface area (Å²) in [5.41, 5.74) is 13.9. The number of Topliss-reactive ketones (excluding diaryl/α,β-unsaturated/α-hetero) is 1. The van der Waals surface area contributed by atoms with Crippen molar-refractivity contribution in [1.29, 1.82) is 0 Å². The Morgan fingerprint density at radius 1 is 0.374 bits per heavy atom. The van der Waals surface area contributed by atoms with Crippen molar-refractivity contribution in [2.45, 2.75) is 204 Å². The number of nitrogens with zero attached hydrogens (tertiary/aromatic N) is 1. The minimum absolute atomic E-state index is 0. The molecule has 0 aliphatic heterocycles. The summed E-state index contributed by atoms with van der Waals surface area (Å²) in [6.07, 6.45) is 3.68. The number of rotatable bonds is 24. The van der Waals surface area contributed by atoms with Crippen LogP contribution in [-0.2, 0) is 13.1 Å². The SMILES string of the molecule is C.CC(C)(C)CCCCNC(=O)NO.CC(C)(C)CNC(=O)c1ccc(B(O)O)cc1.CC(C)(C)CNC(=O)c1ccc(C(=O)NO)cc1.CC(C)(C)CNC(=O)c1cccc(B(O)O)c1.CC(C)(C)CNCc1ccc(C(=O)NO)cc1.CN(O)C(=O)c1ccc(CNC(C)(C)C)cc1.Cc1ccccc1NC(=O)c1ccc(C(=O)CC(C)(C)C)cc1. The van der Waals surface area contributed by atoms with E-state index >= 15 is 0 Å². The Morgan fingerprint density at radius 2 is 0.756 bits per heavy atom. The molecule has 0 radical (unpaired) electrons. The van der Waals surface area contributed by atoms with E-state index in [1.54, 1.807) is 96.5 Å². The molecule has 28 nitrogen and oxygen atoms in total. The number of ketones is 1. The van der Waals surface area contributed by atoms with E-state index in [-0.39, 0.29) is 69.5 Å². The number of hydrogen-bond acceptors (Lipinski definition) is 19. The second-order valence-corrected chi connectivity index (χ2v) is 37.6. The Hall–Kier alpha value is -10.5. The highest BCUT2D eigenvalue weighted by atomic mass is 16.5. The normalized spacial score (nSPS) is 11.0. The van der Waals surface area contributed by atoms with Crippen LogP contribution in [0.5, 0.6) is 0 Å². The van der Waals surface area contributed by atoms with Crippen molar-refractivity contribution >= 4 is 84.0 Å². The molecule has 7 aromatic rings. The van der Waals surface area contributed by atoms with Crippen LogP contribution in [0.4, 0.5) is 10.5 Å². The third kappa shape index (κ3) is 52.6. The molecule has 676 valence electrons. The fourth-order valence-corrected chi connectivity index (χ4v) is 9.89. The largest absolute Gasteiger partial charge is 0.488 e. The fraction of sp³-hybridized carbons (Fsp3) is 0.452. The Balaban J connectivity index is 0.00000142. The number of hydrogen-bond donors (Lipinski definition) is 18. The van der Waals surface area contributed by atoms with Crippen LogP contribution < -0.4 is 64.6 Å². The lowest BCUT2D eigenvalue weighted by atomic mass is 9.79. The van der Waals surface area contributed by atoms with Crippen LogP contribution in [-0.4, -0.2) is 159 Å². The van der Waals surface area contributed by atoms with E-state index in [1.165, 1.54) is 48.3 Å². The lowest BCUT2D eigenvalue weighted by Crippen LogP contribution is -2.35. The van der Waals surface area contributed by atoms with Gasteiger partial charge < -0.3 is 57.3 Å². The molecule has 0 unspecified atom stereocenters. The number of hydroxylamine groups is 5. The number of aryl methyl sites for hydroxylation is 1. The topological polar surface area (TPSA) is 439 Å². The van der Waals surface area contributed by atoms with Crippen LogP contribution >= 0.6 is 0 Å². The van der Waals surface area contributed by atoms with Gasteiger partial charge in [0.15, 0.2) is 5.78 Å². The van der Waals surface area contributed by atoms with Gasteiger partial charge in [0.05, 0.1) is 0 Å². The molecule has 0 heterocycles. The fourth-order valence-electron chi connectivity index (χ4n) is 9.89. The molecule has 0 spiro atoms. The van der Waals surface area contributed by atoms with E-state index in [9.17, 15) is 43.2 Å². The van der Waals surface area contributed by atoms with Crippen molar-refractivity contribution in [1.82, 2.24) is 53.4 Å². The first-order valence-corrected chi connectivity index (χ1v) is 40.4. The van der Waals surface area contributed by atoms with Gasteiger partial charge in [0.2, 0.25) is 0 Å². The highest BCUT2D eigenvalue weighted by Crippen LogP contribution is 2.24. The second kappa shape index (κ2) is 54.2. The van der Waals surface area contributed by atoms with Gasteiger partial charge in [-0.1, -0.05) is 217 Å². The first-order chi connectivity index (χ1) is 56.3. The van der Waals surface area contributed by atoms with Crippen LogP contribution in [0, 0.1) is 39.4 Å². The smallest absolute Gasteiger partial charge is 0.423 e. The lowest BCUT2D eigenvalue weighted by molar-refractivity contribution is -0.0374. The van der Waals surface area contributed by atoms with Crippen LogP contribution in [0.3, 0.4) is 0 Å². The second-order valence-electron chi connectivity index (χ2n) is 37.6. The molecule has 9 amide bonds. The molecule has 0 aliphatic carbocycles. The van der Waals surface area contributed by atoms with Gasteiger partial charge in [0, 0.05) is 115 Å². The van der Waals surface area contributed by atoms with Crippen LogP contribution in [0.25, 0.3) is 0 Å². The number of unbranched alkanes of at least 4 members (excludes halogenated alkanes) is 1. The van der Waals surface area contributed by atoms with Gasteiger partial charge in [-0.05, 0) is 192 Å². The molecule has 30 heteroatoms. The maximum absolute atomic E-state index is 12.3. The number of urea groups is 1. The predicted molar refractivity (Wildman–Crippen MR) is 490 cm³/mol. The van der Waals surface area contributed by atoms with Crippen molar-refractivity contribution in [3.8, 4) is 0 Å². The number of amides is 9. The Bertz CT molecular complexity index is 4350. The van der Waals surface area contributed by atoms with E-state index in [2.05, 4.69) is 99.5 Å². The number of benzene rings is 7. The first-order valence-electron chi connectivity index (χ1n) is 40.4. The molecule has 0 saturated heterocycles. The molecule has 0 aromatic heterocycles. The summed E-state index contributed by atoms with van der Waals surface area (Å²) in [5.74, 6) is -2.10. The summed E-state index contributed by atoms with van der Waals surface area (Å²) in [4.78, 5) is 104. The minimum atomic E-state index is -1.55. The molecule has 7 rings (SSSR count). The standard InChI is InChI=1S/C20H23NO2.C13H18N2O3.2C13H20N2O2.2C12H18BNO3.C9H20N2O2.CH4/c1-14-7-5-6-8-17(14)21-19(23)16-11-9-15(10-12-16)18(22)13-20(2,3)4;1-13(2,3)8-14-11(16)9-4-6-10(7-5-9)12(17)15-18;1-13(2,3)14-9-10-5-7-11(8-6-10)12(16)15(4)17;1-13(2,3)9-14-8-10-4-6-11(7-5-10)12(16)15-17;1-12(2,3)8-14-11(15)9-4-6-10(7-5-9)13(16)17;1-12(2,3)8-14-11(15)9-5-4-6-10(7-9)13(16)17;1-9(2,3)6-4-5-7-10-8(12)11-13;/h5-12H,13H2,1-4H3,(H,21,23);4-7,18H,8H2,1-3H3,(H,14,16)(H,15,17);5-8,14,17H,9H2,1-4H3;4-7,14,17H,8-9H2,1-3H3,(H,15,16);2*4-7,16-17H,8H2,1-3H3,(H,14,15);13H,4-7H2,1-3H3,(H2,10,11,12);1H4. The van der Waals surface area contributed by atoms with E-state index in [1.807, 2.05) is 139 Å². The summed E-state index contributed by atoms with van der Waals surface area (Å²) in [6.45, 7) is 50.6. The number of carbonyl (C=O) groups excluding carboxylic acids is 9. The zero-order valence-electron chi connectivity index (χ0n) is 75.8. The zero-order chi connectivity index (χ0) is 93.2. The van der Waals surface area contributed by atoms with Crippen molar-refractivity contribution in [3.63, 3.8) is 0 Å². The average molecular weight is 1710 g/mol. The van der Waals surface area contributed by atoms with Gasteiger partial charge in [-0.25, -0.2) is 26.3 Å². The van der Waals surface area contributed by atoms with E-state index in [4.69, 9.17) is 40.9 Å². The Kier molecular flexibility index (Phi) is 49.6. The van der Waals surface area contributed by atoms with Gasteiger partial charge in [0.1, 0.15) is 0 Å². The summed E-state index contributed by atoms with van der Waals surface area (Å²) >= 11 is 0. The zero-order valence-corrected chi connectivity index (χ0v) is 75.8. The van der Waals surface area contributed by atoms with Crippen LogP contribution in [0.2, 0.25) is 0 Å². The Morgan fingerprint density at radius 3 is 1.14 bits per heavy atom. The molecule has 0 bridgehead atoms. The number of carbonyl (C=O) groups is 9. The van der Waals surface area contributed by atoms with Gasteiger partial charge in [-0.3, -0.25) is 59.2 Å². The summed E-state index contributed by atoms with van der Waals surface area (Å²) in [7, 11) is -1.73. The molecular weight excluding hydrogens is 1560 g/mol. The molecule has 123 heavy (non-hydrogen) atoms. The van der Waals surface area contributed by atoms with E-state index in [0.717, 1.165) is 61.3 Å². The van der Waals surface area contributed by atoms with Crippen molar-refractivity contribution < 1.29 is 84.1 Å². The predicted octanol–water partition coefficient (Wildman–Crippen LogP) is 13.2. The molecular formula is C93H141B2N11O17. The monoisotopic (exact) mass is 1710 g/mol. The molecule has 7 aromatic carbocycles. The van der Waals surface area contributed by atoms with Gasteiger partial charge in [-0.15, -0.1) is 0 Å². The van der Waals surface area contributed by atoms with Gasteiger partial charge >= 0.3 is 20.3 Å². The maximum atomic E-state index is 12.3. The molecule has 0 atom stereocenters. The molecule has 0 aliphatic rings. The Labute approximate surface area is 730 Å². The number of anilines is 1. The quantitative estimate of drug-likeness (QED) is 0.00878. The lowest BCUT2D eigenvalue weighted by Gasteiger charge is -2.20. The number of nitrogens with one attached hydrogen (secondary N) is 10. The molecule has 0 fully saturated rings. The average Bonchev–Trinajstić information content (AvgIpc) is 0.851. The summed E-state index contributed by atoms with van der Waals surface area (Å²) in [6, 6.07) is 46.8. The molecule has 0 saturated carbocycles. The highest BCUT2D eigenvalue weighted by Gasteiger charge is 2.22. The van der Waals surface area contributed by atoms with Crippen LogP contribution in [0.15, 0.2) is 170 Å². The minimum Gasteiger partial charge on any atom is -0.423 e. The first kappa shape index (κ1) is 112. The van der Waals surface area contributed by atoms with Gasteiger partial charge in [-0.2, -0.15) is 0 Å². The van der Waals surface area contributed by atoms with Crippen molar-refractivity contribution in [2.75, 3.05) is 45.1 Å². The maximum Gasteiger partial charge on any atom is 0.488 e. The van der Waals surface area contributed by atoms with E-state index in [0.29, 0.717) is 98.5 Å². The third-order valence-corrected chi connectivity index (χ3v) is 16.7. The summed E-state index contributed by atoms with van der Waals surface area (Å²) < 4.78 is 0. The summed E-state index contributed by atoms with van der Waals surface area (Å²) in [5, 5.41) is 91.1. The number of para-hydroxylation sites is 1. The highest BCUT2D eigenvalue weighted by molar-refractivity contribution is 6.59. The third-order valence-electron chi connectivity index (χ3n) is 16.7. The van der Waals surface area contributed by atoms with E-state index < -0.39 is 38.0 Å².